The first-order valence-electron chi connectivity index (χ1n) is 29.4. The summed E-state index contributed by atoms with van der Waals surface area (Å²) in [5.74, 6) is 1.42. The second kappa shape index (κ2) is 26.3. The number of hydrogen-bond acceptors (Lipinski definition) is 8. The number of benzene rings is 10. The number of phenols is 2. The number of thiazole rings is 2. The summed E-state index contributed by atoms with van der Waals surface area (Å²) in [6.07, 6.45) is 3.51. The molecule has 0 spiro atoms. The van der Waals surface area contributed by atoms with Gasteiger partial charge in [-0.3, -0.25) is 9.98 Å². The van der Waals surface area contributed by atoms with Crippen molar-refractivity contribution in [3.63, 3.8) is 0 Å². The number of phenolic OH excluding ortho intramolecular Hbond substituents is 2. The van der Waals surface area contributed by atoms with Crippen LogP contribution in [-0.4, -0.2) is 32.6 Å². The maximum atomic E-state index is 10.6. The fourth-order valence-electron chi connectivity index (χ4n) is 10.4. The molecule has 0 aliphatic heterocycles. The van der Waals surface area contributed by atoms with E-state index in [-0.39, 0.29) is 43.4 Å². The van der Waals surface area contributed by atoms with Crippen LogP contribution >= 0.6 is 22.7 Å². The van der Waals surface area contributed by atoms with Crippen molar-refractivity contribution in [3.05, 3.63) is 252 Å². The van der Waals surface area contributed by atoms with E-state index in [1.165, 1.54) is 27.8 Å². The Balaban J connectivity index is 0.000000190. The molecule has 12 aromatic rings. The molecule has 2 N–H and O–H groups in total. The summed E-state index contributed by atoms with van der Waals surface area (Å²) in [5.41, 5.74) is 20.8. The molecule has 10 aromatic carbocycles. The topological polar surface area (TPSA) is 91.0 Å². The first kappa shape index (κ1) is 61.7. The van der Waals surface area contributed by atoms with Crippen molar-refractivity contribution in [1.82, 2.24) is 9.97 Å². The number of aliphatic imine (C=N–C) groups is 2. The minimum atomic E-state index is -0.0294. The van der Waals surface area contributed by atoms with Gasteiger partial charge in [-0.05, 0) is 139 Å². The molecular weight excluding hydrogens is 1280 g/mol. The summed E-state index contributed by atoms with van der Waals surface area (Å²) < 4.78 is 2.25. The number of fused-ring (bicyclic) bond motifs is 2. The summed E-state index contributed by atoms with van der Waals surface area (Å²) >= 11 is 3.36. The molecule has 9 heteroatoms. The fraction of sp³-hybridized carbons (Fsp3) is 0.179. The molecule has 2 heterocycles. The molecular formula is C78H71N4O2PtS2-. The first-order valence-corrected chi connectivity index (χ1v) is 31.0. The molecule has 0 bridgehead atoms. The third kappa shape index (κ3) is 14.1. The summed E-state index contributed by atoms with van der Waals surface area (Å²) in [6.45, 7) is 21.9. The fourth-order valence-corrected chi connectivity index (χ4v) is 12.5. The van der Waals surface area contributed by atoms with E-state index in [0.29, 0.717) is 23.0 Å². The van der Waals surface area contributed by atoms with Crippen LogP contribution in [0.2, 0.25) is 0 Å². The first-order chi connectivity index (χ1) is 41.3. The van der Waals surface area contributed by atoms with Crippen molar-refractivity contribution in [2.75, 3.05) is 0 Å². The predicted molar refractivity (Wildman–Crippen MR) is 367 cm³/mol. The molecule has 12 rings (SSSR count). The molecule has 0 aliphatic carbocycles. The van der Waals surface area contributed by atoms with Crippen LogP contribution in [0.4, 0.5) is 11.4 Å². The summed E-state index contributed by atoms with van der Waals surface area (Å²) in [7, 11) is 0. The Morgan fingerprint density at radius 2 is 0.851 bits per heavy atom. The summed E-state index contributed by atoms with van der Waals surface area (Å²) in [6, 6.07) is 76.4. The van der Waals surface area contributed by atoms with Gasteiger partial charge in [-0.25, -0.2) is 9.97 Å². The van der Waals surface area contributed by atoms with Crippen LogP contribution < -0.4 is 0 Å². The summed E-state index contributed by atoms with van der Waals surface area (Å²) in [5, 5.41) is 22.9. The second-order valence-corrected chi connectivity index (χ2v) is 26.6. The van der Waals surface area contributed by atoms with E-state index in [0.717, 1.165) is 91.9 Å². The molecule has 0 saturated carbocycles. The van der Waals surface area contributed by atoms with Gasteiger partial charge in [-0.2, -0.15) is 0 Å². The van der Waals surface area contributed by atoms with Crippen LogP contribution in [0.25, 0.3) is 86.1 Å². The third-order valence-electron chi connectivity index (χ3n) is 15.6. The standard InChI is InChI=1S/C39H36N2OS.C39H35N2OS.Pt/c2*1-25(2)26-15-17-27(18-16-26)29-22-33(28-11-7-6-8-12-28)37-36(23-29)43-38(41-37)32-13-9-10-14-34(32)40-24-30-21-31(39(3,4)5)19-20-35(30)42;/h6-25,42H,1-5H3;6-11,13-25,42H,1-5H3;/q;-1;. The normalized spacial score (nSPS) is 11.9. The number of para-hydroxylation sites is 2. The number of hydrogen-bond donors (Lipinski definition) is 2. The van der Waals surface area contributed by atoms with Gasteiger partial charge in [0.2, 0.25) is 0 Å². The SMILES string of the molecule is CC(C)c1ccc(-c2cc(-c3[c-]cccc3)c3nc(-c4ccccc4N=Cc4cc(C(C)(C)C)ccc4O)sc3c2)cc1.CC(C)c1ccc(-c2cc(-c3ccccc3)c3nc(-c4ccccc4N=Cc4cc(C(C)(C)C)ccc4O)sc3c2)cc1.[Pt]. The Kier molecular flexibility index (Phi) is 18.6. The minimum absolute atomic E-state index is 0. The van der Waals surface area contributed by atoms with Crippen LogP contribution in [0.5, 0.6) is 11.5 Å². The molecule has 438 valence electrons. The van der Waals surface area contributed by atoms with E-state index in [4.69, 9.17) is 20.0 Å². The van der Waals surface area contributed by atoms with E-state index in [9.17, 15) is 10.2 Å². The van der Waals surface area contributed by atoms with Crippen molar-refractivity contribution >= 4 is 66.9 Å². The van der Waals surface area contributed by atoms with E-state index in [1.807, 2.05) is 84.9 Å². The van der Waals surface area contributed by atoms with Crippen molar-refractivity contribution in [1.29, 1.82) is 0 Å². The van der Waals surface area contributed by atoms with Crippen LogP contribution in [0, 0.1) is 6.07 Å². The maximum Gasteiger partial charge on any atom is 0.126 e. The van der Waals surface area contributed by atoms with Crippen LogP contribution in [-0.2, 0) is 31.9 Å². The van der Waals surface area contributed by atoms with Crippen molar-refractivity contribution in [2.45, 2.75) is 91.9 Å². The predicted octanol–water partition coefficient (Wildman–Crippen LogP) is 22.1. The average Bonchev–Trinajstić information content (AvgIpc) is 1.78. The second-order valence-electron chi connectivity index (χ2n) is 24.6. The Bertz CT molecular complexity index is 4150. The maximum absolute atomic E-state index is 10.6. The monoisotopic (exact) mass is 1350 g/mol. The number of aromatic nitrogens is 2. The molecule has 0 aliphatic rings. The number of aromatic hydroxyl groups is 2. The zero-order valence-electron chi connectivity index (χ0n) is 50.8. The molecule has 0 radical (unpaired) electrons. The van der Waals surface area contributed by atoms with Gasteiger partial charge in [0.15, 0.2) is 0 Å². The van der Waals surface area contributed by atoms with E-state index in [1.54, 1.807) is 47.2 Å². The zero-order valence-corrected chi connectivity index (χ0v) is 54.7. The molecule has 6 nitrogen and oxygen atoms in total. The largest absolute Gasteiger partial charge is 0.507 e. The Hall–Kier alpha value is -8.39. The summed E-state index contributed by atoms with van der Waals surface area (Å²) in [4.78, 5) is 20.1. The average molecular weight is 1360 g/mol. The van der Waals surface area contributed by atoms with E-state index < -0.39 is 0 Å². The molecule has 0 atom stereocenters. The van der Waals surface area contributed by atoms with Crippen LogP contribution in [0.1, 0.15) is 114 Å². The molecule has 2 aromatic heterocycles. The van der Waals surface area contributed by atoms with Crippen LogP contribution in [0.3, 0.4) is 0 Å². The Labute approximate surface area is 535 Å². The molecule has 0 fully saturated rings. The molecule has 0 unspecified atom stereocenters. The van der Waals surface area contributed by atoms with Crippen molar-refractivity contribution < 1.29 is 31.3 Å². The van der Waals surface area contributed by atoms with Crippen molar-refractivity contribution in [2.24, 2.45) is 9.98 Å². The van der Waals surface area contributed by atoms with E-state index >= 15 is 0 Å². The van der Waals surface area contributed by atoms with Gasteiger partial charge >= 0.3 is 0 Å². The van der Waals surface area contributed by atoms with Gasteiger partial charge in [-0.1, -0.05) is 196 Å². The van der Waals surface area contributed by atoms with Gasteiger partial charge in [0.05, 0.1) is 21.6 Å². The minimum Gasteiger partial charge on any atom is -0.507 e. The molecule has 87 heavy (non-hydrogen) atoms. The molecule has 0 amide bonds. The van der Waals surface area contributed by atoms with Gasteiger partial charge < -0.3 is 10.2 Å². The Morgan fingerprint density at radius 1 is 0.425 bits per heavy atom. The van der Waals surface area contributed by atoms with Gasteiger partial charge in [0.1, 0.15) is 21.5 Å². The zero-order chi connectivity index (χ0) is 60.3. The molecule has 0 saturated heterocycles. The van der Waals surface area contributed by atoms with E-state index in [2.05, 4.69) is 191 Å². The van der Waals surface area contributed by atoms with Gasteiger partial charge in [0.25, 0.3) is 0 Å². The van der Waals surface area contributed by atoms with Crippen LogP contribution in [0.15, 0.2) is 222 Å². The Morgan fingerprint density at radius 3 is 1.29 bits per heavy atom. The smallest absolute Gasteiger partial charge is 0.126 e. The third-order valence-corrected chi connectivity index (χ3v) is 17.7. The number of rotatable bonds is 12. The number of nitrogens with zero attached hydrogens (tertiary/aromatic N) is 4. The quantitative estimate of drug-likeness (QED) is 0.0942. The van der Waals surface area contributed by atoms with Gasteiger partial charge in [0, 0.05) is 71.5 Å². The van der Waals surface area contributed by atoms with Crippen molar-refractivity contribution in [3.8, 4) is 77.1 Å². The van der Waals surface area contributed by atoms with Gasteiger partial charge in [-0.15, -0.1) is 58.6 Å².